The zero-order chi connectivity index (χ0) is 12.6. The highest BCUT2D eigenvalue weighted by Crippen LogP contribution is 2.31. The van der Waals surface area contributed by atoms with Crippen LogP contribution in [0.15, 0.2) is 0 Å². The highest BCUT2D eigenvalue weighted by molar-refractivity contribution is 7.92. The summed E-state index contributed by atoms with van der Waals surface area (Å²) in [6, 6.07) is 0. The van der Waals surface area contributed by atoms with Crippen molar-refractivity contribution in [1.29, 1.82) is 0 Å². The fourth-order valence-corrected chi connectivity index (χ4v) is 4.37. The third-order valence-electron chi connectivity index (χ3n) is 3.69. The maximum Gasteiger partial charge on any atom is 0.225 e. The Morgan fingerprint density at radius 2 is 1.88 bits per heavy atom. The number of carbonyl (C=O) groups is 1. The van der Waals surface area contributed by atoms with Crippen LogP contribution in [0.1, 0.15) is 33.1 Å². The Morgan fingerprint density at radius 1 is 1.29 bits per heavy atom. The highest BCUT2D eigenvalue weighted by atomic mass is 32.2. The van der Waals surface area contributed by atoms with E-state index in [1.807, 2.05) is 13.8 Å². The van der Waals surface area contributed by atoms with Crippen molar-refractivity contribution in [3.8, 4) is 0 Å². The largest absolute Gasteiger partial charge is 0.340 e. The van der Waals surface area contributed by atoms with Gasteiger partial charge in [0.25, 0.3) is 0 Å². The van der Waals surface area contributed by atoms with E-state index in [9.17, 15) is 13.2 Å². The molecule has 1 aliphatic heterocycles. The standard InChI is InChI=1S/C12H21NO3S/c1-9(2)8-17(15,16)11-6-13(7-11)12(14)10-4-3-5-10/h9-11H,3-8H2,1-2H3. The minimum Gasteiger partial charge on any atom is -0.340 e. The summed E-state index contributed by atoms with van der Waals surface area (Å²) in [6.07, 6.45) is 3.11. The Balaban J connectivity index is 1.83. The summed E-state index contributed by atoms with van der Waals surface area (Å²) in [5.74, 6) is 0.760. The molecule has 0 radical (unpaired) electrons. The fraction of sp³-hybridized carbons (Fsp3) is 0.917. The van der Waals surface area contributed by atoms with Gasteiger partial charge in [-0.1, -0.05) is 20.3 Å². The van der Waals surface area contributed by atoms with E-state index in [2.05, 4.69) is 0 Å². The minimum absolute atomic E-state index is 0.163. The lowest BCUT2D eigenvalue weighted by Crippen LogP contribution is -2.59. The molecule has 0 unspecified atom stereocenters. The van der Waals surface area contributed by atoms with Gasteiger partial charge in [0, 0.05) is 19.0 Å². The average molecular weight is 259 g/mol. The Morgan fingerprint density at radius 3 is 2.29 bits per heavy atom. The van der Waals surface area contributed by atoms with Crippen LogP contribution in [-0.2, 0) is 14.6 Å². The Labute approximate surface area is 103 Å². The van der Waals surface area contributed by atoms with Crippen molar-refractivity contribution in [2.75, 3.05) is 18.8 Å². The smallest absolute Gasteiger partial charge is 0.225 e. The first-order valence-corrected chi connectivity index (χ1v) is 8.12. The second kappa shape index (κ2) is 4.59. The van der Waals surface area contributed by atoms with Crippen molar-refractivity contribution in [2.24, 2.45) is 11.8 Å². The Bertz CT molecular complexity index is 392. The lowest BCUT2D eigenvalue weighted by atomic mass is 9.84. The van der Waals surface area contributed by atoms with Gasteiger partial charge in [-0.2, -0.15) is 0 Å². The summed E-state index contributed by atoms with van der Waals surface area (Å²) in [5.41, 5.74) is 0. The summed E-state index contributed by atoms with van der Waals surface area (Å²) >= 11 is 0. The maximum absolute atomic E-state index is 11.9. The molecule has 0 aromatic rings. The van der Waals surface area contributed by atoms with E-state index in [-0.39, 0.29) is 28.7 Å². The first kappa shape index (κ1) is 12.9. The molecule has 1 saturated heterocycles. The molecule has 98 valence electrons. The molecular weight excluding hydrogens is 238 g/mol. The molecule has 1 heterocycles. The molecule has 2 fully saturated rings. The molecule has 2 rings (SSSR count). The molecule has 0 aromatic heterocycles. The second-order valence-electron chi connectivity index (χ2n) is 5.72. The minimum atomic E-state index is -3.00. The van der Waals surface area contributed by atoms with Gasteiger partial charge in [0.2, 0.25) is 5.91 Å². The third kappa shape index (κ3) is 2.64. The number of amides is 1. The Kier molecular flexibility index (Phi) is 3.48. The van der Waals surface area contributed by atoms with Gasteiger partial charge in [-0.05, 0) is 18.8 Å². The van der Waals surface area contributed by atoms with Crippen LogP contribution in [0.2, 0.25) is 0 Å². The van der Waals surface area contributed by atoms with Crippen LogP contribution in [-0.4, -0.2) is 43.3 Å². The molecule has 0 N–H and O–H groups in total. The van der Waals surface area contributed by atoms with Crippen LogP contribution in [0.25, 0.3) is 0 Å². The normalized spacial score (nSPS) is 22.4. The number of nitrogens with zero attached hydrogens (tertiary/aromatic N) is 1. The number of hydrogen-bond donors (Lipinski definition) is 0. The highest BCUT2D eigenvalue weighted by Gasteiger charge is 2.42. The van der Waals surface area contributed by atoms with Gasteiger partial charge >= 0.3 is 0 Å². The summed E-state index contributed by atoms with van der Waals surface area (Å²) in [6.45, 7) is 4.66. The summed E-state index contributed by atoms with van der Waals surface area (Å²) < 4.78 is 23.8. The lowest BCUT2D eigenvalue weighted by Gasteiger charge is -2.42. The van der Waals surface area contributed by atoms with E-state index in [1.165, 1.54) is 0 Å². The topological polar surface area (TPSA) is 54.5 Å². The van der Waals surface area contributed by atoms with E-state index >= 15 is 0 Å². The fourth-order valence-electron chi connectivity index (χ4n) is 2.36. The Hall–Kier alpha value is -0.580. The second-order valence-corrected chi connectivity index (χ2v) is 8.04. The molecule has 2 aliphatic rings. The summed E-state index contributed by atoms with van der Waals surface area (Å²) in [4.78, 5) is 13.5. The van der Waals surface area contributed by atoms with Crippen molar-refractivity contribution < 1.29 is 13.2 Å². The predicted molar refractivity (Wildman–Crippen MR) is 66.3 cm³/mol. The predicted octanol–water partition coefficient (Wildman–Crippen LogP) is 1.07. The van der Waals surface area contributed by atoms with Gasteiger partial charge in [0.05, 0.1) is 11.0 Å². The monoisotopic (exact) mass is 259 g/mol. The summed E-state index contributed by atoms with van der Waals surface area (Å²) in [5, 5.41) is -0.311. The van der Waals surface area contributed by atoms with E-state index in [4.69, 9.17) is 0 Å². The van der Waals surface area contributed by atoms with Crippen molar-refractivity contribution in [2.45, 2.75) is 38.4 Å². The first-order chi connectivity index (χ1) is 7.90. The molecule has 0 atom stereocenters. The third-order valence-corrected chi connectivity index (χ3v) is 6.13. The van der Waals surface area contributed by atoms with E-state index in [0.29, 0.717) is 13.1 Å². The number of hydrogen-bond acceptors (Lipinski definition) is 3. The van der Waals surface area contributed by atoms with Crippen molar-refractivity contribution in [3.05, 3.63) is 0 Å². The van der Waals surface area contributed by atoms with Crippen molar-refractivity contribution in [1.82, 2.24) is 4.90 Å². The van der Waals surface area contributed by atoms with E-state index in [1.54, 1.807) is 4.90 Å². The average Bonchev–Trinajstić information content (AvgIpc) is 1.92. The maximum atomic E-state index is 11.9. The number of likely N-dealkylation sites (tertiary alicyclic amines) is 1. The first-order valence-electron chi connectivity index (χ1n) is 6.40. The van der Waals surface area contributed by atoms with Gasteiger partial charge in [-0.25, -0.2) is 8.42 Å². The zero-order valence-corrected chi connectivity index (χ0v) is 11.4. The SMILES string of the molecule is CC(C)CS(=O)(=O)C1CN(C(=O)C2CCC2)C1. The number of rotatable bonds is 4. The van der Waals surface area contributed by atoms with Gasteiger partial charge in [0.15, 0.2) is 9.84 Å². The molecule has 4 nitrogen and oxygen atoms in total. The van der Waals surface area contributed by atoms with E-state index < -0.39 is 9.84 Å². The summed E-state index contributed by atoms with van der Waals surface area (Å²) in [7, 11) is -3.00. The molecular formula is C12H21NO3S. The molecule has 1 saturated carbocycles. The van der Waals surface area contributed by atoms with Gasteiger partial charge in [-0.15, -0.1) is 0 Å². The van der Waals surface area contributed by atoms with Crippen LogP contribution in [0, 0.1) is 11.8 Å². The quantitative estimate of drug-likeness (QED) is 0.759. The van der Waals surface area contributed by atoms with Crippen molar-refractivity contribution in [3.63, 3.8) is 0 Å². The molecule has 5 heteroatoms. The van der Waals surface area contributed by atoms with Gasteiger partial charge in [-0.3, -0.25) is 4.79 Å². The molecule has 0 aromatic carbocycles. The number of carbonyl (C=O) groups excluding carboxylic acids is 1. The molecule has 1 aliphatic carbocycles. The van der Waals surface area contributed by atoms with E-state index in [0.717, 1.165) is 19.3 Å². The molecule has 0 bridgehead atoms. The molecule has 0 spiro atoms. The lowest BCUT2D eigenvalue weighted by molar-refractivity contribution is -0.141. The van der Waals surface area contributed by atoms with Crippen LogP contribution in [0.5, 0.6) is 0 Å². The number of sulfone groups is 1. The van der Waals surface area contributed by atoms with Gasteiger partial charge in [0.1, 0.15) is 0 Å². The molecule has 1 amide bonds. The zero-order valence-electron chi connectivity index (χ0n) is 10.6. The van der Waals surface area contributed by atoms with Crippen LogP contribution in [0.4, 0.5) is 0 Å². The van der Waals surface area contributed by atoms with Crippen LogP contribution < -0.4 is 0 Å². The van der Waals surface area contributed by atoms with Crippen LogP contribution >= 0.6 is 0 Å². The van der Waals surface area contributed by atoms with Crippen molar-refractivity contribution >= 4 is 15.7 Å². The molecule has 17 heavy (non-hydrogen) atoms. The van der Waals surface area contributed by atoms with Gasteiger partial charge < -0.3 is 4.90 Å². The van der Waals surface area contributed by atoms with Crippen LogP contribution in [0.3, 0.4) is 0 Å².